The molecule has 1 atom stereocenters. The standard InChI is InChI=1S/C18H25N3O2/c1-14-13-16-5-3-4-6-17(16)21(14)18(23)7-8-19-9-11-20(12-10-19)15(2)22/h3-6,14H,7-13H2,1-2H3. The van der Waals surface area contributed by atoms with Crippen LogP contribution in [0.4, 0.5) is 5.69 Å². The quantitative estimate of drug-likeness (QED) is 0.849. The van der Waals surface area contributed by atoms with Gasteiger partial charge in [-0.05, 0) is 25.0 Å². The molecule has 5 nitrogen and oxygen atoms in total. The highest BCUT2D eigenvalue weighted by Gasteiger charge is 2.30. The molecular formula is C18H25N3O2. The summed E-state index contributed by atoms with van der Waals surface area (Å²) in [5.74, 6) is 0.347. The van der Waals surface area contributed by atoms with Crippen molar-refractivity contribution in [3.63, 3.8) is 0 Å². The lowest BCUT2D eigenvalue weighted by Gasteiger charge is -2.34. The van der Waals surface area contributed by atoms with Gasteiger partial charge in [0, 0.05) is 57.8 Å². The zero-order chi connectivity index (χ0) is 16.4. The number of hydrogen-bond donors (Lipinski definition) is 0. The van der Waals surface area contributed by atoms with Gasteiger partial charge < -0.3 is 9.80 Å². The second-order valence-electron chi connectivity index (χ2n) is 6.54. The third kappa shape index (κ3) is 3.39. The normalized spacial score (nSPS) is 21.4. The van der Waals surface area contributed by atoms with Crippen molar-refractivity contribution in [2.75, 3.05) is 37.6 Å². The molecule has 0 aromatic heterocycles. The molecule has 1 fully saturated rings. The van der Waals surface area contributed by atoms with Crippen LogP contribution in [-0.4, -0.2) is 60.4 Å². The Labute approximate surface area is 137 Å². The molecule has 5 heteroatoms. The van der Waals surface area contributed by atoms with Crippen molar-refractivity contribution in [1.82, 2.24) is 9.80 Å². The summed E-state index contributed by atoms with van der Waals surface area (Å²) in [6.07, 6.45) is 1.48. The topological polar surface area (TPSA) is 43.9 Å². The first-order valence-corrected chi connectivity index (χ1v) is 8.44. The van der Waals surface area contributed by atoms with Crippen molar-refractivity contribution in [3.8, 4) is 0 Å². The van der Waals surface area contributed by atoms with Gasteiger partial charge in [-0.15, -0.1) is 0 Å². The third-order valence-electron chi connectivity index (χ3n) is 4.94. The summed E-state index contributed by atoms with van der Waals surface area (Å²) >= 11 is 0. The minimum absolute atomic E-state index is 0.142. The first-order valence-electron chi connectivity index (χ1n) is 8.44. The number of fused-ring (bicyclic) bond motifs is 1. The van der Waals surface area contributed by atoms with E-state index in [0.29, 0.717) is 6.42 Å². The fourth-order valence-corrected chi connectivity index (χ4v) is 3.61. The van der Waals surface area contributed by atoms with Crippen LogP contribution in [0.5, 0.6) is 0 Å². The maximum Gasteiger partial charge on any atom is 0.228 e. The second kappa shape index (κ2) is 6.71. The van der Waals surface area contributed by atoms with Gasteiger partial charge in [-0.2, -0.15) is 0 Å². The van der Waals surface area contributed by atoms with Crippen LogP contribution in [0.25, 0.3) is 0 Å². The number of carbonyl (C=O) groups is 2. The molecular weight excluding hydrogens is 290 g/mol. The molecule has 0 aliphatic carbocycles. The van der Waals surface area contributed by atoms with Gasteiger partial charge in [0.2, 0.25) is 11.8 Å². The van der Waals surface area contributed by atoms with Crippen molar-refractivity contribution in [1.29, 1.82) is 0 Å². The Bertz CT molecular complexity index is 594. The van der Waals surface area contributed by atoms with Gasteiger partial charge in [0.25, 0.3) is 0 Å². The van der Waals surface area contributed by atoms with Crippen molar-refractivity contribution >= 4 is 17.5 Å². The molecule has 124 valence electrons. The van der Waals surface area contributed by atoms with Gasteiger partial charge in [-0.1, -0.05) is 18.2 Å². The third-order valence-corrected chi connectivity index (χ3v) is 4.94. The Morgan fingerprint density at radius 3 is 2.52 bits per heavy atom. The minimum Gasteiger partial charge on any atom is -0.340 e. The lowest BCUT2D eigenvalue weighted by atomic mass is 10.1. The molecule has 2 amide bonds. The van der Waals surface area contributed by atoms with E-state index >= 15 is 0 Å². The fraction of sp³-hybridized carbons (Fsp3) is 0.556. The maximum absolute atomic E-state index is 12.7. The monoisotopic (exact) mass is 315 g/mol. The molecule has 23 heavy (non-hydrogen) atoms. The summed E-state index contributed by atoms with van der Waals surface area (Å²) in [6, 6.07) is 8.43. The Morgan fingerprint density at radius 1 is 1.13 bits per heavy atom. The van der Waals surface area contributed by atoms with E-state index in [4.69, 9.17) is 0 Å². The number of benzene rings is 1. The molecule has 3 rings (SSSR count). The Hall–Kier alpha value is -1.88. The van der Waals surface area contributed by atoms with Crippen LogP contribution < -0.4 is 4.90 Å². The van der Waals surface area contributed by atoms with Crippen molar-refractivity contribution in [2.24, 2.45) is 0 Å². The van der Waals surface area contributed by atoms with E-state index < -0.39 is 0 Å². The molecule has 0 radical (unpaired) electrons. The Balaban J connectivity index is 1.53. The van der Waals surface area contributed by atoms with Crippen LogP contribution in [0.3, 0.4) is 0 Å². The number of anilines is 1. The van der Waals surface area contributed by atoms with Gasteiger partial charge in [-0.25, -0.2) is 0 Å². The smallest absolute Gasteiger partial charge is 0.228 e. The highest BCUT2D eigenvalue weighted by molar-refractivity contribution is 5.96. The van der Waals surface area contributed by atoms with Gasteiger partial charge in [0.05, 0.1) is 0 Å². The average Bonchev–Trinajstić information content (AvgIpc) is 2.88. The molecule has 0 bridgehead atoms. The fourth-order valence-electron chi connectivity index (χ4n) is 3.61. The van der Waals surface area contributed by atoms with E-state index in [9.17, 15) is 9.59 Å². The van der Waals surface area contributed by atoms with E-state index in [1.165, 1.54) is 5.56 Å². The van der Waals surface area contributed by atoms with Crippen LogP contribution in [-0.2, 0) is 16.0 Å². The number of amides is 2. The van der Waals surface area contributed by atoms with Gasteiger partial charge in [0.1, 0.15) is 0 Å². The largest absolute Gasteiger partial charge is 0.340 e. The first kappa shape index (κ1) is 16.0. The second-order valence-corrected chi connectivity index (χ2v) is 6.54. The van der Waals surface area contributed by atoms with Crippen LogP contribution in [0.15, 0.2) is 24.3 Å². The number of nitrogens with zero attached hydrogens (tertiary/aromatic N) is 3. The summed E-state index contributed by atoms with van der Waals surface area (Å²) in [6.45, 7) is 7.77. The maximum atomic E-state index is 12.7. The van der Waals surface area contributed by atoms with Gasteiger partial charge in [0.15, 0.2) is 0 Å². The number of carbonyl (C=O) groups excluding carboxylic acids is 2. The average molecular weight is 315 g/mol. The van der Waals surface area contributed by atoms with Crippen molar-refractivity contribution in [3.05, 3.63) is 29.8 Å². The molecule has 0 saturated carbocycles. The molecule has 0 spiro atoms. The number of para-hydroxylation sites is 1. The van der Waals surface area contributed by atoms with Crippen molar-refractivity contribution in [2.45, 2.75) is 32.7 Å². The lowest BCUT2D eigenvalue weighted by molar-refractivity contribution is -0.130. The summed E-state index contributed by atoms with van der Waals surface area (Å²) in [5, 5.41) is 0. The minimum atomic E-state index is 0.142. The number of piperazine rings is 1. The van der Waals surface area contributed by atoms with Crippen molar-refractivity contribution < 1.29 is 9.59 Å². The zero-order valence-corrected chi connectivity index (χ0v) is 14.0. The van der Waals surface area contributed by atoms with E-state index in [0.717, 1.165) is 44.8 Å². The van der Waals surface area contributed by atoms with E-state index in [-0.39, 0.29) is 17.9 Å². The van der Waals surface area contributed by atoms with E-state index in [1.807, 2.05) is 28.0 Å². The van der Waals surface area contributed by atoms with E-state index in [1.54, 1.807) is 6.92 Å². The van der Waals surface area contributed by atoms with Crippen LogP contribution >= 0.6 is 0 Å². The highest BCUT2D eigenvalue weighted by atomic mass is 16.2. The first-order chi connectivity index (χ1) is 11.1. The number of hydrogen-bond acceptors (Lipinski definition) is 3. The Morgan fingerprint density at radius 2 is 1.83 bits per heavy atom. The SMILES string of the molecule is CC(=O)N1CCN(CCC(=O)N2c3ccccc3CC2C)CC1. The predicted octanol–water partition coefficient (Wildman–Crippen LogP) is 1.52. The predicted molar refractivity (Wildman–Crippen MR) is 90.4 cm³/mol. The zero-order valence-electron chi connectivity index (χ0n) is 14.0. The molecule has 2 aliphatic rings. The van der Waals surface area contributed by atoms with Gasteiger partial charge in [-0.3, -0.25) is 14.5 Å². The molecule has 1 unspecified atom stereocenters. The molecule has 1 saturated heterocycles. The molecule has 1 aromatic carbocycles. The van der Waals surface area contributed by atoms with Crippen LogP contribution in [0.1, 0.15) is 25.8 Å². The Kier molecular flexibility index (Phi) is 4.66. The summed E-state index contributed by atoms with van der Waals surface area (Å²) in [7, 11) is 0. The molecule has 1 aromatic rings. The van der Waals surface area contributed by atoms with E-state index in [2.05, 4.69) is 17.9 Å². The summed E-state index contributed by atoms with van der Waals surface area (Å²) < 4.78 is 0. The summed E-state index contributed by atoms with van der Waals surface area (Å²) in [4.78, 5) is 30.1. The van der Waals surface area contributed by atoms with Gasteiger partial charge >= 0.3 is 0 Å². The highest BCUT2D eigenvalue weighted by Crippen LogP contribution is 2.32. The summed E-state index contributed by atoms with van der Waals surface area (Å²) in [5.41, 5.74) is 2.34. The number of rotatable bonds is 3. The molecule has 0 N–H and O–H groups in total. The lowest BCUT2D eigenvalue weighted by Crippen LogP contribution is -2.49. The van der Waals surface area contributed by atoms with Crippen LogP contribution in [0.2, 0.25) is 0 Å². The molecule has 2 heterocycles. The van der Waals surface area contributed by atoms with Crippen LogP contribution in [0, 0.1) is 0 Å². The molecule has 2 aliphatic heterocycles.